The molecular weight excluding hydrogens is 346 g/mol. The highest BCUT2D eigenvalue weighted by Gasteiger charge is 2.28. The zero-order valence-electron chi connectivity index (χ0n) is 14.8. The number of amides is 1. The highest BCUT2D eigenvalue weighted by atomic mass is 16.5. The van der Waals surface area contributed by atoms with E-state index in [1.54, 1.807) is 36.4 Å². The normalized spacial score (nSPS) is 16.6. The lowest BCUT2D eigenvalue weighted by molar-refractivity contribution is -0.146. The smallest absolute Gasteiger partial charge is 0.308 e. The van der Waals surface area contributed by atoms with Crippen LogP contribution in [-0.4, -0.2) is 47.4 Å². The standard InChI is InChI=1S/C21H21NO5/c23-19(22-12-4-7-17(13-22)21(25)26)14-27-18-10-8-16(9-11-18)20(24)15-5-2-1-3-6-15/h1-3,5-6,8-11,17H,4,7,12-14H2,(H,25,26). The average molecular weight is 367 g/mol. The van der Waals surface area contributed by atoms with Gasteiger partial charge in [-0.05, 0) is 37.1 Å². The number of carbonyl (C=O) groups excluding carboxylic acids is 2. The van der Waals surface area contributed by atoms with E-state index >= 15 is 0 Å². The van der Waals surface area contributed by atoms with Crippen LogP contribution in [0.25, 0.3) is 0 Å². The van der Waals surface area contributed by atoms with Crippen LogP contribution < -0.4 is 4.74 Å². The van der Waals surface area contributed by atoms with Gasteiger partial charge in [0.1, 0.15) is 5.75 Å². The molecule has 1 saturated heterocycles. The molecule has 1 fully saturated rings. The van der Waals surface area contributed by atoms with Crippen molar-refractivity contribution < 1.29 is 24.2 Å². The third-order valence-corrected chi connectivity index (χ3v) is 4.64. The Hall–Kier alpha value is -3.15. The van der Waals surface area contributed by atoms with Crippen LogP contribution in [0.2, 0.25) is 0 Å². The van der Waals surface area contributed by atoms with Gasteiger partial charge in [-0.25, -0.2) is 0 Å². The van der Waals surface area contributed by atoms with Crippen molar-refractivity contribution in [1.29, 1.82) is 0 Å². The van der Waals surface area contributed by atoms with Crippen LogP contribution >= 0.6 is 0 Å². The number of hydrogen-bond acceptors (Lipinski definition) is 4. The lowest BCUT2D eigenvalue weighted by atomic mass is 9.98. The van der Waals surface area contributed by atoms with E-state index in [1.165, 1.54) is 4.90 Å². The minimum atomic E-state index is -0.868. The second-order valence-electron chi connectivity index (χ2n) is 6.53. The molecule has 1 N–H and O–H groups in total. The predicted octanol–water partition coefficient (Wildman–Crippen LogP) is 2.62. The second kappa shape index (κ2) is 8.49. The molecule has 1 unspecified atom stereocenters. The van der Waals surface area contributed by atoms with Crippen LogP contribution in [0, 0.1) is 5.92 Å². The summed E-state index contributed by atoms with van der Waals surface area (Å²) in [5, 5.41) is 9.10. The van der Waals surface area contributed by atoms with Crippen molar-refractivity contribution in [3.05, 3.63) is 65.7 Å². The van der Waals surface area contributed by atoms with Gasteiger partial charge in [0, 0.05) is 24.2 Å². The van der Waals surface area contributed by atoms with E-state index in [9.17, 15) is 14.4 Å². The molecule has 2 aromatic carbocycles. The number of piperidine rings is 1. The third kappa shape index (κ3) is 4.73. The fourth-order valence-electron chi connectivity index (χ4n) is 3.10. The predicted molar refractivity (Wildman–Crippen MR) is 98.8 cm³/mol. The van der Waals surface area contributed by atoms with Gasteiger partial charge in [0.2, 0.25) is 0 Å². The number of aliphatic carboxylic acids is 1. The minimum absolute atomic E-state index is 0.0775. The molecule has 2 aromatic rings. The zero-order chi connectivity index (χ0) is 19.2. The van der Waals surface area contributed by atoms with E-state index in [-0.39, 0.29) is 24.8 Å². The van der Waals surface area contributed by atoms with E-state index in [4.69, 9.17) is 9.84 Å². The summed E-state index contributed by atoms with van der Waals surface area (Å²) in [7, 11) is 0. The van der Waals surface area contributed by atoms with Gasteiger partial charge in [0.05, 0.1) is 5.92 Å². The summed E-state index contributed by atoms with van der Waals surface area (Å²) in [6.45, 7) is 0.622. The number of ether oxygens (including phenoxy) is 1. The van der Waals surface area contributed by atoms with Crippen molar-refractivity contribution in [2.45, 2.75) is 12.8 Å². The lowest BCUT2D eigenvalue weighted by Gasteiger charge is -2.30. The summed E-state index contributed by atoms with van der Waals surface area (Å²) >= 11 is 0. The van der Waals surface area contributed by atoms with Crippen molar-refractivity contribution >= 4 is 17.7 Å². The van der Waals surface area contributed by atoms with Gasteiger partial charge < -0.3 is 14.7 Å². The van der Waals surface area contributed by atoms with Gasteiger partial charge in [0.15, 0.2) is 12.4 Å². The third-order valence-electron chi connectivity index (χ3n) is 4.64. The molecule has 27 heavy (non-hydrogen) atoms. The van der Waals surface area contributed by atoms with Crippen LogP contribution in [-0.2, 0) is 9.59 Å². The molecule has 1 aliphatic rings. The minimum Gasteiger partial charge on any atom is -0.484 e. The van der Waals surface area contributed by atoms with Gasteiger partial charge in [-0.2, -0.15) is 0 Å². The SMILES string of the molecule is O=C(c1ccccc1)c1ccc(OCC(=O)N2CCCC(C(=O)O)C2)cc1. The number of carbonyl (C=O) groups is 3. The summed E-state index contributed by atoms with van der Waals surface area (Å²) < 4.78 is 5.51. The average Bonchev–Trinajstić information content (AvgIpc) is 2.72. The van der Waals surface area contributed by atoms with Crippen LogP contribution in [0.15, 0.2) is 54.6 Å². The Morgan fingerprint density at radius 1 is 1.00 bits per heavy atom. The summed E-state index contributed by atoms with van der Waals surface area (Å²) in [6.07, 6.45) is 1.27. The number of ketones is 1. The number of carboxylic acid groups (broad SMARTS) is 1. The monoisotopic (exact) mass is 367 g/mol. The Labute approximate surface area is 157 Å². The number of hydrogen-bond donors (Lipinski definition) is 1. The maximum atomic E-state index is 12.4. The number of nitrogens with zero attached hydrogens (tertiary/aromatic N) is 1. The first kappa shape index (κ1) is 18.6. The fourth-order valence-corrected chi connectivity index (χ4v) is 3.10. The number of rotatable bonds is 6. The molecule has 0 saturated carbocycles. The van der Waals surface area contributed by atoms with Gasteiger partial charge in [-0.1, -0.05) is 30.3 Å². The van der Waals surface area contributed by atoms with Crippen molar-refractivity contribution in [1.82, 2.24) is 4.90 Å². The number of carboxylic acids is 1. The van der Waals surface area contributed by atoms with Crippen molar-refractivity contribution in [2.75, 3.05) is 19.7 Å². The maximum absolute atomic E-state index is 12.4. The lowest BCUT2D eigenvalue weighted by Crippen LogP contribution is -2.44. The quantitative estimate of drug-likeness (QED) is 0.794. The summed E-state index contributed by atoms with van der Waals surface area (Å²) in [5.74, 6) is -1.20. The Morgan fingerprint density at radius 3 is 2.33 bits per heavy atom. The molecule has 6 nitrogen and oxygen atoms in total. The van der Waals surface area contributed by atoms with E-state index in [2.05, 4.69) is 0 Å². The highest BCUT2D eigenvalue weighted by Crippen LogP contribution is 2.18. The molecule has 0 bridgehead atoms. The summed E-state index contributed by atoms with van der Waals surface area (Å²) in [4.78, 5) is 37.3. The first-order valence-electron chi connectivity index (χ1n) is 8.88. The van der Waals surface area contributed by atoms with Crippen LogP contribution in [0.1, 0.15) is 28.8 Å². The fraction of sp³-hybridized carbons (Fsp3) is 0.286. The van der Waals surface area contributed by atoms with Gasteiger partial charge in [-0.15, -0.1) is 0 Å². The second-order valence-corrected chi connectivity index (χ2v) is 6.53. The molecule has 140 valence electrons. The van der Waals surface area contributed by atoms with E-state index in [0.717, 1.165) is 0 Å². The summed E-state index contributed by atoms with van der Waals surface area (Å²) in [6, 6.07) is 15.6. The molecule has 0 aliphatic carbocycles. The first-order chi connectivity index (χ1) is 13.0. The maximum Gasteiger partial charge on any atom is 0.308 e. The molecule has 6 heteroatoms. The molecule has 0 aromatic heterocycles. The molecule has 0 spiro atoms. The zero-order valence-corrected chi connectivity index (χ0v) is 14.8. The van der Waals surface area contributed by atoms with Crippen molar-refractivity contribution in [3.8, 4) is 5.75 Å². The Kier molecular flexibility index (Phi) is 5.86. The Morgan fingerprint density at radius 2 is 1.67 bits per heavy atom. The van der Waals surface area contributed by atoms with Crippen LogP contribution in [0.3, 0.4) is 0 Å². The first-order valence-corrected chi connectivity index (χ1v) is 8.88. The van der Waals surface area contributed by atoms with Crippen LogP contribution in [0.4, 0.5) is 0 Å². The molecule has 3 rings (SSSR count). The Balaban J connectivity index is 1.55. The number of likely N-dealkylation sites (tertiary alicyclic amines) is 1. The molecule has 1 atom stereocenters. The molecule has 1 aliphatic heterocycles. The van der Waals surface area contributed by atoms with Crippen LogP contribution in [0.5, 0.6) is 5.75 Å². The molecule has 1 heterocycles. The largest absolute Gasteiger partial charge is 0.484 e. The molecule has 1 amide bonds. The summed E-state index contributed by atoms with van der Waals surface area (Å²) in [5.41, 5.74) is 1.15. The highest BCUT2D eigenvalue weighted by molar-refractivity contribution is 6.08. The van der Waals surface area contributed by atoms with Gasteiger partial charge in [0.25, 0.3) is 5.91 Å². The van der Waals surface area contributed by atoms with Gasteiger partial charge >= 0.3 is 5.97 Å². The van der Waals surface area contributed by atoms with E-state index in [0.29, 0.717) is 36.3 Å². The Bertz CT molecular complexity index is 816. The van der Waals surface area contributed by atoms with E-state index < -0.39 is 11.9 Å². The van der Waals surface area contributed by atoms with Gasteiger partial charge in [-0.3, -0.25) is 14.4 Å². The van der Waals surface area contributed by atoms with Crippen molar-refractivity contribution in [2.24, 2.45) is 5.92 Å². The molecular formula is C21H21NO5. The molecule has 0 radical (unpaired) electrons. The van der Waals surface area contributed by atoms with Crippen molar-refractivity contribution in [3.63, 3.8) is 0 Å². The number of benzene rings is 2. The van der Waals surface area contributed by atoms with E-state index in [1.807, 2.05) is 18.2 Å². The topological polar surface area (TPSA) is 83.9 Å².